The molecule has 0 fully saturated rings. The second-order valence-electron chi connectivity index (χ2n) is 5.45. The van der Waals surface area contributed by atoms with E-state index in [0.717, 1.165) is 16.8 Å². The highest BCUT2D eigenvalue weighted by atomic mass is 16.1. The number of carbonyl (C=O) groups excluding carboxylic acids is 1. The minimum Gasteiger partial charge on any atom is -0.404 e. The number of carbonyl (C=O) groups is 1. The first kappa shape index (κ1) is 16.3. The molecule has 0 radical (unpaired) electrons. The van der Waals surface area contributed by atoms with Gasteiger partial charge in [-0.15, -0.1) is 0 Å². The first-order valence-corrected chi connectivity index (χ1v) is 7.85. The molecular weight excluding hydrogens is 310 g/mol. The molecule has 0 spiro atoms. The molecule has 0 aliphatic carbocycles. The number of imidazole rings is 1. The topological polar surface area (TPSA) is 60.9 Å². The molecule has 4 nitrogen and oxygen atoms in total. The van der Waals surface area contributed by atoms with Crippen LogP contribution in [0.2, 0.25) is 0 Å². The number of nitrogens with two attached hydrogens (primary N) is 1. The van der Waals surface area contributed by atoms with Crippen LogP contribution in [-0.4, -0.2) is 15.3 Å². The van der Waals surface area contributed by atoms with E-state index in [1.54, 1.807) is 24.7 Å². The predicted octanol–water partition coefficient (Wildman–Crippen LogP) is 3.12. The lowest BCUT2D eigenvalue weighted by atomic mass is 10.0. The third-order valence-corrected chi connectivity index (χ3v) is 3.66. The number of hydrogen-bond acceptors (Lipinski definition) is 3. The summed E-state index contributed by atoms with van der Waals surface area (Å²) in [5.41, 5.74) is 8.64. The molecule has 1 aromatic heterocycles. The van der Waals surface area contributed by atoms with E-state index >= 15 is 0 Å². The average molecular weight is 327 g/mol. The highest BCUT2D eigenvalue weighted by Gasteiger charge is 2.08. The van der Waals surface area contributed by atoms with Crippen molar-refractivity contribution in [2.45, 2.75) is 6.42 Å². The number of rotatable bonds is 4. The molecule has 0 saturated heterocycles. The fourth-order valence-electron chi connectivity index (χ4n) is 2.47. The lowest BCUT2D eigenvalue weighted by Crippen LogP contribution is -2.04. The van der Waals surface area contributed by atoms with Gasteiger partial charge in [0.2, 0.25) is 0 Å². The lowest BCUT2D eigenvalue weighted by molar-refractivity contribution is 0.0993. The van der Waals surface area contributed by atoms with Crippen molar-refractivity contribution < 1.29 is 4.79 Å². The number of allylic oxidation sites excluding steroid dienone is 1. The Balaban J connectivity index is 1.78. The van der Waals surface area contributed by atoms with Crippen LogP contribution in [0.4, 0.5) is 0 Å². The van der Waals surface area contributed by atoms with E-state index in [1.165, 1.54) is 6.20 Å². The van der Waals surface area contributed by atoms with Crippen LogP contribution in [0.15, 0.2) is 79.5 Å². The molecule has 3 aromatic rings. The van der Waals surface area contributed by atoms with Crippen molar-refractivity contribution in [1.82, 2.24) is 9.55 Å². The van der Waals surface area contributed by atoms with E-state index in [2.05, 4.69) is 16.8 Å². The second-order valence-corrected chi connectivity index (χ2v) is 5.45. The molecule has 2 N–H and O–H groups in total. The number of aromatic nitrogens is 2. The summed E-state index contributed by atoms with van der Waals surface area (Å²) in [6.45, 7) is 0. The highest BCUT2D eigenvalue weighted by molar-refractivity contribution is 5.97. The van der Waals surface area contributed by atoms with E-state index < -0.39 is 0 Å². The lowest BCUT2D eigenvalue weighted by Gasteiger charge is -2.06. The van der Waals surface area contributed by atoms with Gasteiger partial charge in [-0.05, 0) is 29.8 Å². The molecule has 0 saturated carbocycles. The van der Waals surface area contributed by atoms with E-state index in [4.69, 9.17) is 5.73 Å². The molecule has 4 heteroatoms. The van der Waals surface area contributed by atoms with Gasteiger partial charge in [-0.1, -0.05) is 36.1 Å². The molecule has 0 unspecified atom stereocenters. The van der Waals surface area contributed by atoms with E-state index in [9.17, 15) is 4.79 Å². The zero-order valence-electron chi connectivity index (χ0n) is 13.6. The average Bonchev–Trinajstić information content (AvgIpc) is 3.17. The predicted molar refractivity (Wildman–Crippen MR) is 98.2 cm³/mol. The summed E-state index contributed by atoms with van der Waals surface area (Å²) in [5, 5.41) is 0. The van der Waals surface area contributed by atoms with Gasteiger partial charge in [-0.2, -0.15) is 0 Å². The van der Waals surface area contributed by atoms with Crippen LogP contribution in [0.5, 0.6) is 0 Å². The summed E-state index contributed by atoms with van der Waals surface area (Å²) >= 11 is 0. The maximum atomic E-state index is 12.6. The molecule has 1 heterocycles. The minimum absolute atomic E-state index is 0.0563. The Morgan fingerprint density at radius 2 is 2.08 bits per heavy atom. The number of nitrogens with zero attached hydrogens (tertiary/aromatic N) is 2. The summed E-state index contributed by atoms with van der Waals surface area (Å²) in [6.07, 6.45) is 8.62. The van der Waals surface area contributed by atoms with Gasteiger partial charge in [0.15, 0.2) is 5.78 Å². The molecule has 0 aliphatic heterocycles. The van der Waals surface area contributed by atoms with Gasteiger partial charge < -0.3 is 10.3 Å². The molecule has 0 bridgehead atoms. The highest BCUT2D eigenvalue weighted by Crippen LogP contribution is 2.14. The number of ketones is 1. The van der Waals surface area contributed by atoms with Crippen LogP contribution in [-0.2, 0) is 6.42 Å². The standard InChI is InChI=1S/C21H17N3O/c22-10-2-1-5-17-6-3-8-19(13-17)21(25)15-18-7-4-9-20(14-18)24-12-11-23-16-24/h2-4,6-14,16H,15,22H2/b10-2+. The first-order valence-electron chi connectivity index (χ1n) is 7.85. The summed E-state index contributed by atoms with van der Waals surface area (Å²) in [6, 6.07) is 15.2. The quantitative estimate of drug-likeness (QED) is 0.591. The van der Waals surface area contributed by atoms with Gasteiger partial charge in [0.05, 0.1) is 6.33 Å². The molecule has 0 atom stereocenters. The molecule has 0 aliphatic rings. The van der Waals surface area contributed by atoms with Gasteiger partial charge >= 0.3 is 0 Å². The van der Waals surface area contributed by atoms with Crippen molar-refractivity contribution >= 4 is 5.78 Å². The largest absolute Gasteiger partial charge is 0.404 e. The Morgan fingerprint density at radius 3 is 2.88 bits per heavy atom. The fraction of sp³-hybridized carbons (Fsp3) is 0.0476. The Labute approximate surface area is 146 Å². The van der Waals surface area contributed by atoms with Gasteiger partial charge in [0.1, 0.15) is 0 Å². The number of benzene rings is 2. The zero-order valence-corrected chi connectivity index (χ0v) is 13.6. The van der Waals surface area contributed by atoms with Crippen molar-refractivity contribution in [3.8, 4) is 17.5 Å². The van der Waals surface area contributed by atoms with Crippen LogP contribution in [0, 0.1) is 11.8 Å². The van der Waals surface area contributed by atoms with Crippen molar-refractivity contribution in [2.24, 2.45) is 5.73 Å². The fourth-order valence-corrected chi connectivity index (χ4v) is 2.47. The molecule has 0 amide bonds. The van der Waals surface area contributed by atoms with E-state index in [-0.39, 0.29) is 5.78 Å². The maximum Gasteiger partial charge on any atom is 0.167 e. The van der Waals surface area contributed by atoms with E-state index in [0.29, 0.717) is 12.0 Å². The van der Waals surface area contributed by atoms with Crippen LogP contribution >= 0.6 is 0 Å². The third kappa shape index (κ3) is 4.24. The SMILES string of the molecule is N/C=C/C#Cc1cccc(C(=O)Cc2cccc(-n3ccnc3)c2)c1. The van der Waals surface area contributed by atoms with Gasteiger partial charge in [0, 0.05) is 47.9 Å². The number of hydrogen-bond donors (Lipinski definition) is 1. The smallest absolute Gasteiger partial charge is 0.167 e. The zero-order chi connectivity index (χ0) is 17.5. The third-order valence-electron chi connectivity index (χ3n) is 3.66. The first-order chi connectivity index (χ1) is 12.3. The Kier molecular flexibility index (Phi) is 5.08. The monoisotopic (exact) mass is 327 g/mol. The minimum atomic E-state index is 0.0563. The van der Waals surface area contributed by atoms with Gasteiger partial charge in [0.25, 0.3) is 0 Å². The molecule has 25 heavy (non-hydrogen) atoms. The normalized spacial score (nSPS) is 10.4. The maximum absolute atomic E-state index is 12.6. The molecule has 122 valence electrons. The summed E-state index contributed by atoms with van der Waals surface area (Å²) in [5.74, 6) is 5.82. The Morgan fingerprint density at radius 1 is 1.20 bits per heavy atom. The summed E-state index contributed by atoms with van der Waals surface area (Å²) < 4.78 is 1.91. The van der Waals surface area contributed by atoms with Gasteiger partial charge in [-0.25, -0.2) is 4.98 Å². The number of Topliss-reactive ketones (excluding diaryl/α,β-unsaturated/α-hetero) is 1. The molecule has 2 aromatic carbocycles. The molecule has 3 rings (SSSR count). The second kappa shape index (κ2) is 7.80. The summed E-state index contributed by atoms with van der Waals surface area (Å²) in [7, 11) is 0. The van der Waals surface area contributed by atoms with Gasteiger partial charge in [-0.3, -0.25) is 4.79 Å². The van der Waals surface area contributed by atoms with E-state index in [1.807, 2.05) is 53.2 Å². The van der Waals surface area contributed by atoms with Crippen molar-refractivity contribution in [2.75, 3.05) is 0 Å². The van der Waals surface area contributed by atoms with Crippen LogP contribution in [0.25, 0.3) is 5.69 Å². The van der Waals surface area contributed by atoms with Crippen molar-refractivity contribution in [1.29, 1.82) is 0 Å². The Bertz CT molecular complexity index is 960. The van der Waals surface area contributed by atoms with Crippen molar-refractivity contribution in [3.05, 3.63) is 96.2 Å². The Hall–Kier alpha value is -3.58. The molecular formula is C21H17N3O. The van der Waals surface area contributed by atoms with Crippen molar-refractivity contribution in [3.63, 3.8) is 0 Å². The van der Waals surface area contributed by atoms with Crippen LogP contribution < -0.4 is 5.73 Å². The van der Waals surface area contributed by atoms with Crippen LogP contribution in [0.3, 0.4) is 0 Å². The van der Waals surface area contributed by atoms with Crippen LogP contribution in [0.1, 0.15) is 21.5 Å². The summed E-state index contributed by atoms with van der Waals surface area (Å²) in [4.78, 5) is 16.6.